The normalized spacial score (nSPS) is 9.01. The number of methoxy groups -OCH3 is 4. The third kappa shape index (κ3) is 41.8. The van der Waals surface area contributed by atoms with Gasteiger partial charge in [0.05, 0.1) is 34.2 Å². The van der Waals surface area contributed by atoms with Crippen LogP contribution in [0.25, 0.3) is 33.4 Å². The molecule has 0 aliphatic heterocycles. The maximum absolute atomic E-state index is 8.35. The fourth-order valence-electron chi connectivity index (χ4n) is 9.49. The maximum atomic E-state index is 8.35. The van der Waals surface area contributed by atoms with E-state index >= 15 is 0 Å². The summed E-state index contributed by atoms with van der Waals surface area (Å²) in [5, 5.41) is 10.8. The molecule has 119 heavy (non-hydrogen) atoms. The number of aromatic nitrogens is 5. The topological polar surface area (TPSA) is 323 Å². The van der Waals surface area contributed by atoms with Gasteiger partial charge in [0.2, 0.25) is 12.2 Å². The average molecular weight is 2070 g/mol. The van der Waals surface area contributed by atoms with Gasteiger partial charge in [0.25, 0.3) is 0 Å². The third-order valence-corrected chi connectivity index (χ3v) is 18.0. The van der Waals surface area contributed by atoms with Gasteiger partial charge in [-0.1, -0.05) is 149 Å². The van der Waals surface area contributed by atoms with Gasteiger partial charge in [0.15, 0.2) is 34.5 Å². The number of benzene rings is 8. The molecule has 0 saturated heterocycles. The van der Waals surface area contributed by atoms with Crippen LogP contribution in [-0.2, 0) is 64.8 Å². The number of hydrogen-bond acceptors (Lipinski definition) is 23. The van der Waals surface area contributed by atoms with Crippen LogP contribution in [0.1, 0.15) is 33.4 Å². The van der Waals surface area contributed by atoms with Gasteiger partial charge in [-0.2, -0.15) is 40.9 Å². The second-order valence-electron chi connectivity index (χ2n) is 22.2. The molecule has 0 saturated carbocycles. The molecular formula is C88H74Br7MgN7O16. The zero-order chi connectivity index (χ0) is 85.8. The molecule has 5 heterocycles. The summed E-state index contributed by atoms with van der Waals surface area (Å²) in [5.74, 6) is 5.71. The minimum atomic E-state index is 0. The van der Waals surface area contributed by atoms with E-state index in [1.165, 1.54) is 5.56 Å². The summed E-state index contributed by atoms with van der Waals surface area (Å²) < 4.78 is 50.9. The van der Waals surface area contributed by atoms with Gasteiger partial charge < -0.3 is 54.9 Å². The molecule has 8 aromatic carbocycles. The Hall–Kier alpha value is -11.1. The number of halogens is 7. The van der Waals surface area contributed by atoms with Crippen molar-refractivity contribution in [2.45, 2.75) is 40.3 Å². The molecule has 5 aromatic heterocycles. The molecule has 0 aliphatic carbocycles. The third-order valence-electron chi connectivity index (χ3n) is 14.5. The van der Waals surface area contributed by atoms with Crippen molar-refractivity contribution in [1.82, 2.24) is 24.9 Å². The molecule has 608 valence electrons. The van der Waals surface area contributed by atoms with Crippen molar-refractivity contribution in [1.29, 1.82) is 10.8 Å². The molecule has 23 nitrogen and oxygen atoms in total. The van der Waals surface area contributed by atoms with Crippen molar-refractivity contribution in [3.05, 3.63) is 347 Å². The van der Waals surface area contributed by atoms with Gasteiger partial charge in [-0.15, -0.1) is 12.1 Å². The molecule has 2 N–H and O–H groups in total. The van der Waals surface area contributed by atoms with Crippen molar-refractivity contribution < 1.29 is 93.2 Å². The Labute approximate surface area is 765 Å². The van der Waals surface area contributed by atoms with E-state index in [0.717, 1.165) is 117 Å². The summed E-state index contributed by atoms with van der Waals surface area (Å²) in [5.41, 5.74) is 13.1. The van der Waals surface area contributed by atoms with Gasteiger partial charge >= 0.3 is 41.5 Å². The SMILES string of the molecule is Brc1cccnc1.COc1c[c-]ccc1OCc1ccccc1.COc1cc(-c2c(C)cncc2Br)ccc1OCc1ccccc1.COc1cc(-c2ccncc2Br)c(Br)cc1OCc1ccccc1.COc1cc(-c2ccncc2Br)ccc1OCc1ccccc1.Cc1cncc(Br)c1.N=C=O.N=C=O.O=C=O.O=C=O.O=C=O.[Br-].[Mg+2]. The van der Waals surface area contributed by atoms with E-state index in [1.54, 1.807) is 84.1 Å². The number of aryl methyl sites for hydroxylation is 2. The van der Waals surface area contributed by atoms with E-state index in [1.807, 2.05) is 239 Å². The average Bonchev–Trinajstić information content (AvgIpc) is 0.820. The van der Waals surface area contributed by atoms with Crippen LogP contribution in [0.3, 0.4) is 0 Å². The van der Waals surface area contributed by atoms with Crippen LogP contribution in [0.4, 0.5) is 0 Å². The maximum Gasteiger partial charge on any atom is 2.00 e. The monoisotopic (exact) mass is 2060 g/mol. The smallest absolute Gasteiger partial charge is 1.00 e. The number of ether oxygens (including phenoxy) is 8. The van der Waals surface area contributed by atoms with Crippen LogP contribution in [0, 0.1) is 30.7 Å². The Morgan fingerprint density at radius 2 is 0.723 bits per heavy atom. The van der Waals surface area contributed by atoms with Crippen molar-refractivity contribution in [2.75, 3.05) is 28.4 Å². The summed E-state index contributed by atoms with van der Waals surface area (Å²) in [6.45, 7) is 6.10. The van der Waals surface area contributed by atoms with Crippen molar-refractivity contribution in [3.63, 3.8) is 0 Å². The summed E-state index contributed by atoms with van der Waals surface area (Å²) in [7, 11) is 6.57. The minimum Gasteiger partial charge on any atom is -1.00 e. The van der Waals surface area contributed by atoms with Gasteiger partial charge in [-0.3, -0.25) is 24.9 Å². The quantitative estimate of drug-likeness (QED) is 0.0329. The summed E-state index contributed by atoms with van der Waals surface area (Å²) in [4.78, 5) is 85.6. The van der Waals surface area contributed by atoms with Crippen molar-refractivity contribution in [3.8, 4) is 79.4 Å². The summed E-state index contributed by atoms with van der Waals surface area (Å²) >= 11 is 20.8. The van der Waals surface area contributed by atoms with Crippen LogP contribution in [0.2, 0.25) is 0 Å². The Morgan fingerprint density at radius 3 is 1.10 bits per heavy atom. The molecule has 13 rings (SSSR count). The molecule has 0 spiro atoms. The predicted octanol–water partition coefficient (Wildman–Crippen LogP) is 18.1. The first kappa shape index (κ1) is 106. The number of nitrogens with zero attached hydrogens (tertiary/aromatic N) is 5. The standard InChI is InChI=1S/C20H18BrNO2.C19H15Br2NO2.C19H16BrNO2.C14H13O2.C6H6BrN.C5H4BrN.2CHNO.3CO2.BrH.Mg/c1-14-11-22-12-17(21)20(14)16-8-9-18(19(10-16)23-2)24-13-15-6-4-3-5-7-15;1-23-18-9-15(14-7-8-22-11-17(14)21)16(20)10-19(18)24-12-13-5-3-2-4-6-13;1-22-19-11-15(16-9-10-21-12-17(16)20)7-8-18(19)23-13-14-5-3-2-4-6-14;1-15-13-9-5-6-10-14(13)16-11-12-7-3-2-4-8-12;1-5-2-6(7)4-8-3-5;6-5-2-1-3-7-4-5;5*2-1-3;;/h3-12H,13H2,1-2H3;2-11H,12H2,1H3;2-12H,13H2,1H3;2-4,6-10H,11H2,1H3;2-4H,1H3;1-4H;2*2H;;;;1H;/q;;;-1;;;;;;;;;+2/p-1. The molecule has 31 heteroatoms. The van der Waals surface area contributed by atoms with Gasteiger partial charge in [-0.05, 0) is 210 Å². The second kappa shape index (κ2) is 64.9. The van der Waals surface area contributed by atoms with E-state index in [9.17, 15) is 0 Å². The molecular weight excluding hydrogens is 1990 g/mol. The van der Waals surface area contributed by atoms with Gasteiger partial charge in [-0.25, -0.2) is 20.4 Å². The Morgan fingerprint density at radius 1 is 0.345 bits per heavy atom. The molecule has 0 amide bonds. The Balaban J connectivity index is 0.000000710. The fraction of sp³-hybridized carbons (Fsp3) is 0.114. The molecule has 0 aliphatic rings. The van der Waals surface area contributed by atoms with Crippen LogP contribution in [-0.4, -0.2) is 107 Å². The van der Waals surface area contributed by atoms with E-state index in [4.69, 9.17) is 87.1 Å². The summed E-state index contributed by atoms with van der Waals surface area (Å²) in [6, 6.07) is 74.1. The van der Waals surface area contributed by atoms with Crippen LogP contribution < -0.4 is 54.9 Å². The number of carbonyl (C=O) groups excluding carboxylic acids is 8. The molecule has 13 aromatic rings. The van der Waals surface area contributed by atoms with Gasteiger partial charge in [0.1, 0.15) is 26.4 Å². The first-order valence-corrected chi connectivity index (χ1v) is 38.5. The molecule has 0 unspecified atom stereocenters. The first-order chi connectivity index (χ1) is 56.8. The van der Waals surface area contributed by atoms with E-state index in [2.05, 4.69) is 127 Å². The zero-order valence-electron chi connectivity index (χ0n) is 64.5. The van der Waals surface area contributed by atoms with E-state index < -0.39 is 0 Å². The van der Waals surface area contributed by atoms with Crippen LogP contribution >= 0.6 is 95.6 Å². The van der Waals surface area contributed by atoms with Crippen molar-refractivity contribution >= 4 is 149 Å². The molecule has 0 radical (unpaired) electrons. The zero-order valence-corrected chi connectivity index (χ0v) is 77.0. The first-order valence-electron chi connectivity index (χ1n) is 33.7. The number of nitrogens with one attached hydrogen (secondary N) is 2. The summed E-state index contributed by atoms with van der Waals surface area (Å²) in [6.07, 6.45) is 20.1. The Bertz CT molecular complexity index is 5130. The minimum absolute atomic E-state index is 0. The van der Waals surface area contributed by atoms with Crippen LogP contribution in [0.5, 0.6) is 46.0 Å². The number of rotatable bonds is 19. The molecule has 0 fully saturated rings. The van der Waals surface area contributed by atoms with E-state index in [0.29, 0.717) is 55.2 Å². The fourth-order valence-corrected chi connectivity index (χ4v) is 12.4. The number of hydrogen-bond donors (Lipinski definition) is 2. The largest absolute Gasteiger partial charge is 2.00 e. The number of isocyanates is 2. The molecule has 0 bridgehead atoms. The Kier molecular flexibility index (Phi) is 57.8. The second-order valence-corrected chi connectivity index (χ2v) is 27.5. The number of pyridine rings is 5. The van der Waals surface area contributed by atoms with Crippen molar-refractivity contribution in [2.24, 2.45) is 0 Å². The van der Waals surface area contributed by atoms with E-state index in [-0.39, 0.29) is 58.5 Å². The van der Waals surface area contributed by atoms with Gasteiger partial charge in [0, 0.05) is 111 Å². The predicted molar refractivity (Wildman–Crippen MR) is 465 cm³/mol. The van der Waals surface area contributed by atoms with Crippen LogP contribution in [0.15, 0.2) is 307 Å². The molecule has 0 atom stereocenters.